The molecular formula is C13H20FNS. The first kappa shape index (κ1) is 13.5. The van der Waals surface area contributed by atoms with Crippen molar-refractivity contribution in [2.24, 2.45) is 11.7 Å². The molecule has 1 aromatic rings. The quantitative estimate of drug-likeness (QED) is 0.799. The Kier molecular flexibility index (Phi) is 5.29. The highest BCUT2D eigenvalue weighted by Crippen LogP contribution is 2.28. The summed E-state index contributed by atoms with van der Waals surface area (Å²) in [5.41, 5.74) is 6.80. The molecule has 0 bridgehead atoms. The van der Waals surface area contributed by atoms with Crippen molar-refractivity contribution >= 4 is 11.8 Å². The molecule has 0 amide bonds. The molecule has 0 fully saturated rings. The standard InChI is InChI=1S/C13H20FNS/c1-9(2)8-16-13-11(7-10(3)15)5-4-6-12(13)14/h4-6,9-10H,7-8,15H2,1-3H3. The average Bonchev–Trinajstić information content (AvgIpc) is 2.15. The molecule has 3 heteroatoms. The maximum atomic E-state index is 13.7. The number of hydrogen-bond donors (Lipinski definition) is 1. The van der Waals surface area contributed by atoms with E-state index in [2.05, 4.69) is 13.8 Å². The van der Waals surface area contributed by atoms with Crippen LogP contribution < -0.4 is 5.73 Å². The molecule has 0 heterocycles. The van der Waals surface area contributed by atoms with E-state index < -0.39 is 0 Å². The number of nitrogens with two attached hydrogens (primary N) is 1. The van der Waals surface area contributed by atoms with E-state index in [-0.39, 0.29) is 11.9 Å². The summed E-state index contributed by atoms with van der Waals surface area (Å²) in [4.78, 5) is 0.772. The zero-order valence-electron chi connectivity index (χ0n) is 10.2. The van der Waals surface area contributed by atoms with Gasteiger partial charge in [-0.3, -0.25) is 0 Å². The third kappa shape index (κ3) is 4.14. The molecule has 1 atom stereocenters. The third-order valence-electron chi connectivity index (χ3n) is 2.15. The van der Waals surface area contributed by atoms with Gasteiger partial charge in [0.1, 0.15) is 5.82 Å². The van der Waals surface area contributed by atoms with Crippen LogP contribution in [-0.4, -0.2) is 11.8 Å². The largest absolute Gasteiger partial charge is 0.328 e. The van der Waals surface area contributed by atoms with Crippen molar-refractivity contribution in [2.45, 2.75) is 38.1 Å². The second kappa shape index (κ2) is 6.26. The molecule has 90 valence electrons. The van der Waals surface area contributed by atoms with Crippen LogP contribution in [0.2, 0.25) is 0 Å². The first-order valence-corrected chi connectivity index (χ1v) is 6.65. The van der Waals surface area contributed by atoms with Crippen molar-refractivity contribution in [3.05, 3.63) is 29.6 Å². The fraction of sp³-hybridized carbons (Fsp3) is 0.538. The van der Waals surface area contributed by atoms with Crippen LogP contribution in [0.3, 0.4) is 0 Å². The summed E-state index contributed by atoms with van der Waals surface area (Å²) >= 11 is 1.59. The predicted octanol–water partition coefficient (Wildman–Crippen LogP) is 3.46. The van der Waals surface area contributed by atoms with Gasteiger partial charge in [-0.25, -0.2) is 4.39 Å². The van der Waals surface area contributed by atoms with E-state index in [0.717, 1.165) is 22.6 Å². The summed E-state index contributed by atoms with van der Waals surface area (Å²) < 4.78 is 13.7. The van der Waals surface area contributed by atoms with Crippen molar-refractivity contribution in [1.29, 1.82) is 0 Å². The lowest BCUT2D eigenvalue weighted by Crippen LogP contribution is -2.18. The molecule has 1 aromatic carbocycles. The maximum absolute atomic E-state index is 13.7. The molecule has 1 rings (SSSR count). The Morgan fingerprint density at radius 2 is 2.00 bits per heavy atom. The van der Waals surface area contributed by atoms with Crippen LogP contribution in [0.25, 0.3) is 0 Å². The zero-order valence-corrected chi connectivity index (χ0v) is 11.0. The summed E-state index contributed by atoms with van der Waals surface area (Å²) in [6.07, 6.45) is 0.734. The number of hydrogen-bond acceptors (Lipinski definition) is 2. The normalized spacial score (nSPS) is 13.1. The van der Waals surface area contributed by atoms with Gasteiger partial charge in [0, 0.05) is 16.7 Å². The van der Waals surface area contributed by atoms with E-state index in [1.807, 2.05) is 13.0 Å². The highest BCUT2D eigenvalue weighted by Gasteiger charge is 2.11. The second-order valence-electron chi connectivity index (χ2n) is 4.61. The summed E-state index contributed by atoms with van der Waals surface area (Å²) in [6, 6.07) is 5.31. The van der Waals surface area contributed by atoms with Gasteiger partial charge in [0.15, 0.2) is 0 Å². The van der Waals surface area contributed by atoms with E-state index in [9.17, 15) is 4.39 Å². The molecule has 1 unspecified atom stereocenters. The Bertz CT molecular complexity index is 337. The summed E-state index contributed by atoms with van der Waals surface area (Å²) in [5.74, 6) is 1.38. The van der Waals surface area contributed by atoms with Crippen LogP contribution in [0, 0.1) is 11.7 Å². The van der Waals surface area contributed by atoms with Gasteiger partial charge >= 0.3 is 0 Å². The van der Waals surface area contributed by atoms with Crippen LogP contribution in [0.5, 0.6) is 0 Å². The van der Waals surface area contributed by atoms with E-state index >= 15 is 0 Å². The molecule has 0 aliphatic carbocycles. The van der Waals surface area contributed by atoms with Crippen LogP contribution in [-0.2, 0) is 6.42 Å². The molecule has 16 heavy (non-hydrogen) atoms. The molecular weight excluding hydrogens is 221 g/mol. The molecule has 1 nitrogen and oxygen atoms in total. The second-order valence-corrected chi connectivity index (χ2v) is 5.64. The van der Waals surface area contributed by atoms with Crippen molar-refractivity contribution in [3.8, 4) is 0 Å². The number of halogens is 1. The first-order chi connectivity index (χ1) is 7.50. The van der Waals surface area contributed by atoms with E-state index in [4.69, 9.17) is 5.73 Å². The number of benzene rings is 1. The third-order valence-corrected chi connectivity index (χ3v) is 3.73. The van der Waals surface area contributed by atoms with Gasteiger partial charge in [0.25, 0.3) is 0 Å². The fourth-order valence-corrected chi connectivity index (χ4v) is 2.52. The van der Waals surface area contributed by atoms with Crippen molar-refractivity contribution < 1.29 is 4.39 Å². The van der Waals surface area contributed by atoms with Crippen molar-refractivity contribution in [1.82, 2.24) is 0 Å². The number of rotatable bonds is 5. The minimum atomic E-state index is -0.121. The van der Waals surface area contributed by atoms with Crippen LogP contribution in [0.15, 0.2) is 23.1 Å². The number of thioether (sulfide) groups is 1. The lowest BCUT2D eigenvalue weighted by atomic mass is 10.1. The summed E-state index contributed by atoms with van der Waals surface area (Å²) in [6.45, 7) is 6.22. The molecule has 0 radical (unpaired) electrons. The van der Waals surface area contributed by atoms with Gasteiger partial charge < -0.3 is 5.73 Å². The highest BCUT2D eigenvalue weighted by atomic mass is 32.2. The minimum absolute atomic E-state index is 0.0696. The van der Waals surface area contributed by atoms with Gasteiger partial charge in [-0.05, 0) is 30.9 Å². The molecule has 0 aliphatic rings. The molecule has 0 spiro atoms. The Balaban J connectivity index is 2.85. The lowest BCUT2D eigenvalue weighted by molar-refractivity contribution is 0.592. The molecule has 0 saturated heterocycles. The van der Waals surface area contributed by atoms with Crippen molar-refractivity contribution in [2.75, 3.05) is 5.75 Å². The Labute approximate surface area is 102 Å². The molecule has 2 N–H and O–H groups in total. The summed E-state index contributed by atoms with van der Waals surface area (Å²) in [5, 5.41) is 0. The van der Waals surface area contributed by atoms with E-state index in [0.29, 0.717) is 5.92 Å². The molecule has 0 aliphatic heterocycles. The van der Waals surface area contributed by atoms with Gasteiger partial charge in [-0.2, -0.15) is 0 Å². The van der Waals surface area contributed by atoms with Gasteiger partial charge in [-0.15, -0.1) is 11.8 Å². The van der Waals surface area contributed by atoms with Crippen LogP contribution >= 0.6 is 11.8 Å². The van der Waals surface area contributed by atoms with E-state index in [1.165, 1.54) is 6.07 Å². The molecule has 0 aromatic heterocycles. The Morgan fingerprint density at radius 1 is 1.31 bits per heavy atom. The molecule has 0 saturated carbocycles. The lowest BCUT2D eigenvalue weighted by Gasteiger charge is -2.13. The van der Waals surface area contributed by atoms with Gasteiger partial charge in [0.05, 0.1) is 0 Å². The predicted molar refractivity (Wildman–Crippen MR) is 69.3 cm³/mol. The monoisotopic (exact) mass is 241 g/mol. The van der Waals surface area contributed by atoms with E-state index in [1.54, 1.807) is 17.8 Å². The smallest absolute Gasteiger partial charge is 0.137 e. The maximum Gasteiger partial charge on any atom is 0.137 e. The van der Waals surface area contributed by atoms with Crippen LogP contribution in [0.1, 0.15) is 26.3 Å². The van der Waals surface area contributed by atoms with Gasteiger partial charge in [0.2, 0.25) is 0 Å². The zero-order chi connectivity index (χ0) is 12.1. The highest BCUT2D eigenvalue weighted by molar-refractivity contribution is 7.99. The van der Waals surface area contributed by atoms with Gasteiger partial charge in [-0.1, -0.05) is 26.0 Å². The first-order valence-electron chi connectivity index (χ1n) is 5.66. The fourth-order valence-electron chi connectivity index (χ4n) is 1.47. The minimum Gasteiger partial charge on any atom is -0.328 e. The summed E-state index contributed by atoms with van der Waals surface area (Å²) in [7, 11) is 0. The average molecular weight is 241 g/mol. The van der Waals surface area contributed by atoms with Crippen molar-refractivity contribution in [3.63, 3.8) is 0 Å². The Hall–Kier alpha value is -0.540. The SMILES string of the molecule is CC(C)CSc1c(F)cccc1CC(C)N. The van der Waals surface area contributed by atoms with Crippen LogP contribution in [0.4, 0.5) is 4.39 Å². The Morgan fingerprint density at radius 3 is 2.56 bits per heavy atom. The topological polar surface area (TPSA) is 26.0 Å².